The van der Waals surface area contributed by atoms with Crippen molar-refractivity contribution < 1.29 is 9.32 Å². The summed E-state index contributed by atoms with van der Waals surface area (Å²) in [6.07, 6.45) is 2.27. The van der Waals surface area contributed by atoms with Crippen LogP contribution in [-0.4, -0.2) is 27.4 Å². The van der Waals surface area contributed by atoms with Gasteiger partial charge in [-0.25, -0.2) is 0 Å². The highest BCUT2D eigenvalue weighted by Crippen LogP contribution is 2.40. The summed E-state index contributed by atoms with van der Waals surface area (Å²) in [7, 11) is 0. The fourth-order valence-electron chi connectivity index (χ4n) is 2.53. The van der Waals surface area contributed by atoms with Gasteiger partial charge in [0.2, 0.25) is 0 Å². The Morgan fingerprint density at radius 2 is 2.23 bits per heavy atom. The quantitative estimate of drug-likeness (QED) is 0.889. The molecule has 0 aliphatic heterocycles. The fraction of sp³-hybridized carbons (Fsp3) is 0.562. The number of aryl methyl sites for hydroxylation is 2. The molecular weight excluding hydrogens is 280 g/mol. The average molecular weight is 302 g/mol. The highest BCUT2D eigenvalue weighted by Gasteiger charge is 2.28. The van der Waals surface area contributed by atoms with Gasteiger partial charge in [0.15, 0.2) is 5.69 Å². The zero-order valence-corrected chi connectivity index (χ0v) is 13.3. The second-order valence-electron chi connectivity index (χ2n) is 6.31. The topological polar surface area (TPSA) is 73.0 Å². The molecule has 0 spiro atoms. The lowest BCUT2D eigenvalue weighted by molar-refractivity contribution is 0.0937. The molecule has 0 saturated heterocycles. The molecule has 22 heavy (non-hydrogen) atoms. The van der Waals surface area contributed by atoms with E-state index >= 15 is 0 Å². The Morgan fingerprint density at radius 3 is 2.86 bits per heavy atom. The maximum Gasteiger partial charge on any atom is 0.273 e. The average Bonchev–Trinajstić information content (AvgIpc) is 3.12. The summed E-state index contributed by atoms with van der Waals surface area (Å²) in [4.78, 5) is 12.1. The molecule has 2 aromatic rings. The van der Waals surface area contributed by atoms with Gasteiger partial charge in [-0.3, -0.25) is 9.48 Å². The van der Waals surface area contributed by atoms with Crippen LogP contribution in [0.1, 0.15) is 53.3 Å². The number of hydrogen-bond donors (Lipinski definition) is 1. The maximum absolute atomic E-state index is 12.1. The van der Waals surface area contributed by atoms with E-state index in [0.29, 0.717) is 18.2 Å². The molecule has 2 heterocycles. The van der Waals surface area contributed by atoms with Gasteiger partial charge >= 0.3 is 0 Å². The zero-order chi connectivity index (χ0) is 15.7. The monoisotopic (exact) mass is 302 g/mol. The fourth-order valence-corrected chi connectivity index (χ4v) is 2.53. The van der Waals surface area contributed by atoms with E-state index in [1.54, 1.807) is 6.07 Å². The van der Waals surface area contributed by atoms with Crippen LogP contribution in [0.2, 0.25) is 0 Å². The van der Waals surface area contributed by atoms with Gasteiger partial charge in [0.05, 0.1) is 5.69 Å². The minimum absolute atomic E-state index is 0.170. The molecule has 1 N–H and O–H groups in total. The molecule has 0 aromatic carbocycles. The number of nitrogens with zero attached hydrogens (tertiary/aromatic N) is 3. The number of aromatic nitrogens is 3. The lowest BCUT2D eigenvalue weighted by atomic mass is 10.2. The van der Waals surface area contributed by atoms with Crippen LogP contribution in [0.3, 0.4) is 0 Å². The normalized spacial score (nSPS) is 15.8. The van der Waals surface area contributed by atoms with Gasteiger partial charge in [0.25, 0.3) is 5.91 Å². The second-order valence-corrected chi connectivity index (χ2v) is 6.31. The van der Waals surface area contributed by atoms with Crippen molar-refractivity contribution in [2.75, 3.05) is 6.54 Å². The Labute approximate surface area is 129 Å². The summed E-state index contributed by atoms with van der Waals surface area (Å²) in [5.41, 5.74) is 2.53. The summed E-state index contributed by atoms with van der Waals surface area (Å²) in [6.45, 7) is 7.49. The van der Waals surface area contributed by atoms with Gasteiger partial charge in [-0.05, 0) is 38.7 Å². The number of nitrogens with one attached hydrogen (secondary N) is 1. The van der Waals surface area contributed by atoms with Gasteiger partial charge in [0.1, 0.15) is 5.76 Å². The van der Waals surface area contributed by atoms with Gasteiger partial charge in [-0.1, -0.05) is 12.1 Å². The summed E-state index contributed by atoms with van der Waals surface area (Å²) < 4.78 is 7.19. The Hall–Kier alpha value is -2.11. The molecule has 0 radical (unpaired) electrons. The van der Waals surface area contributed by atoms with Crippen LogP contribution in [0.5, 0.6) is 0 Å². The van der Waals surface area contributed by atoms with E-state index in [1.165, 1.54) is 0 Å². The van der Waals surface area contributed by atoms with E-state index in [1.807, 2.05) is 18.5 Å². The third kappa shape index (κ3) is 3.37. The molecule has 6 nitrogen and oxygen atoms in total. The van der Waals surface area contributed by atoms with Crippen LogP contribution >= 0.6 is 0 Å². The molecule has 2 aromatic heterocycles. The van der Waals surface area contributed by atoms with E-state index in [-0.39, 0.29) is 11.8 Å². The van der Waals surface area contributed by atoms with Crippen molar-refractivity contribution in [3.8, 4) is 0 Å². The lowest BCUT2D eigenvalue weighted by Gasteiger charge is -2.13. The standard InChI is InChI=1S/C16H22N4O2/c1-10(9-20-12(3)6-11(2)18-20)8-17-16(21)14-7-15(22-19-14)13-4-5-13/h6-7,10,13H,4-5,8-9H2,1-3H3,(H,17,21)/t10-/m1/s1. The van der Waals surface area contributed by atoms with Gasteiger partial charge in [-0.2, -0.15) is 5.10 Å². The molecule has 118 valence electrons. The van der Waals surface area contributed by atoms with E-state index < -0.39 is 0 Å². The zero-order valence-electron chi connectivity index (χ0n) is 13.3. The van der Waals surface area contributed by atoms with E-state index in [9.17, 15) is 4.79 Å². The number of hydrogen-bond acceptors (Lipinski definition) is 4. The molecule has 1 fully saturated rings. The third-order valence-corrected chi connectivity index (χ3v) is 3.94. The van der Waals surface area contributed by atoms with Crippen molar-refractivity contribution in [2.24, 2.45) is 5.92 Å². The molecule has 3 rings (SSSR count). The number of carbonyl (C=O) groups excluding carboxylic acids is 1. The number of amides is 1. The summed E-state index contributed by atoms with van der Waals surface area (Å²) >= 11 is 0. The Balaban J connectivity index is 1.50. The van der Waals surface area contributed by atoms with Crippen LogP contribution < -0.4 is 5.32 Å². The van der Waals surface area contributed by atoms with E-state index in [2.05, 4.69) is 28.6 Å². The molecule has 0 unspecified atom stereocenters. The smallest absolute Gasteiger partial charge is 0.273 e. The number of rotatable bonds is 6. The first-order chi connectivity index (χ1) is 10.5. The first kappa shape index (κ1) is 14.8. The van der Waals surface area contributed by atoms with Crippen LogP contribution in [0.25, 0.3) is 0 Å². The Bertz CT molecular complexity index is 669. The molecule has 1 amide bonds. The van der Waals surface area contributed by atoms with Crippen molar-refractivity contribution in [1.82, 2.24) is 20.3 Å². The summed E-state index contributed by atoms with van der Waals surface area (Å²) in [5, 5.41) is 11.2. The molecule has 1 saturated carbocycles. The van der Waals surface area contributed by atoms with Crippen molar-refractivity contribution >= 4 is 5.91 Å². The van der Waals surface area contributed by atoms with Gasteiger partial charge in [0, 0.05) is 30.8 Å². The first-order valence-corrected chi connectivity index (χ1v) is 7.79. The molecular formula is C16H22N4O2. The van der Waals surface area contributed by atoms with Gasteiger partial charge in [-0.15, -0.1) is 0 Å². The number of carbonyl (C=O) groups is 1. The van der Waals surface area contributed by atoms with Crippen LogP contribution in [-0.2, 0) is 6.54 Å². The maximum atomic E-state index is 12.1. The molecule has 1 atom stereocenters. The van der Waals surface area contributed by atoms with Crippen LogP contribution in [0.4, 0.5) is 0 Å². The minimum atomic E-state index is -0.170. The highest BCUT2D eigenvalue weighted by atomic mass is 16.5. The van der Waals surface area contributed by atoms with Gasteiger partial charge < -0.3 is 9.84 Å². The molecule has 6 heteroatoms. The predicted octanol–water partition coefficient (Wildman–Crippen LogP) is 2.43. The first-order valence-electron chi connectivity index (χ1n) is 7.79. The lowest BCUT2D eigenvalue weighted by Crippen LogP contribution is -2.30. The predicted molar refractivity (Wildman–Crippen MR) is 81.7 cm³/mol. The highest BCUT2D eigenvalue weighted by molar-refractivity contribution is 5.92. The van der Waals surface area contributed by atoms with Crippen molar-refractivity contribution in [3.05, 3.63) is 35.0 Å². The minimum Gasteiger partial charge on any atom is -0.360 e. The SMILES string of the molecule is Cc1cc(C)n(C[C@H](C)CNC(=O)c2cc(C3CC3)on2)n1. The molecule has 1 aliphatic carbocycles. The van der Waals surface area contributed by atoms with E-state index in [4.69, 9.17) is 4.52 Å². The van der Waals surface area contributed by atoms with Crippen molar-refractivity contribution in [2.45, 2.75) is 46.1 Å². The largest absolute Gasteiger partial charge is 0.360 e. The van der Waals surface area contributed by atoms with Crippen LogP contribution in [0.15, 0.2) is 16.7 Å². The van der Waals surface area contributed by atoms with E-state index in [0.717, 1.165) is 36.5 Å². The molecule has 0 bridgehead atoms. The van der Waals surface area contributed by atoms with Crippen LogP contribution in [0, 0.1) is 19.8 Å². The molecule has 1 aliphatic rings. The Morgan fingerprint density at radius 1 is 1.45 bits per heavy atom. The summed E-state index contributed by atoms with van der Waals surface area (Å²) in [5.74, 6) is 1.42. The third-order valence-electron chi connectivity index (χ3n) is 3.94. The Kier molecular flexibility index (Phi) is 4.00. The van der Waals surface area contributed by atoms with Crippen molar-refractivity contribution in [3.63, 3.8) is 0 Å². The van der Waals surface area contributed by atoms with Crippen molar-refractivity contribution in [1.29, 1.82) is 0 Å². The second kappa shape index (κ2) is 5.94. The summed E-state index contributed by atoms with van der Waals surface area (Å²) in [6, 6.07) is 3.82.